The predicted molar refractivity (Wildman–Crippen MR) is 70.6 cm³/mol. The number of rotatable bonds is 2. The van der Waals surface area contributed by atoms with Crippen LogP contribution in [0.1, 0.15) is 30.9 Å². The first-order valence-corrected chi connectivity index (χ1v) is 6.04. The predicted octanol–water partition coefficient (Wildman–Crippen LogP) is 5.06. The van der Waals surface area contributed by atoms with Gasteiger partial charge < -0.3 is 0 Å². The average Bonchev–Trinajstić information content (AvgIpc) is 2.27. The third kappa shape index (κ3) is 2.58. The van der Waals surface area contributed by atoms with E-state index in [0.29, 0.717) is 0 Å². The van der Waals surface area contributed by atoms with Crippen molar-refractivity contribution in [3.05, 3.63) is 59.2 Å². The normalized spacial score (nSPS) is 11.0. The van der Waals surface area contributed by atoms with E-state index < -0.39 is 0 Å². The van der Waals surface area contributed by atoms with Gasteiger partial charge in [-0.3, -0.25) is 0 Å². The molecule has 94 valence electrons. The highest BCUT2D eigenvalue weighted by Gasteiger charge is 2.11. The minimum absolute atomic E-state index is 0.268. The average molecular weight is 246 g/mol. The lowest BCUT2D eigenvalue weighted by molar-refractivity contribution is 0.624. The van der Waals surface area contributed by atoms with Crippen LogP contribution in [0.3, 0.4) is 0 Å². The summed E-state index contributed by atoms with van der Waals surface area (Å²) >= 11 is 0. The first-order chi connectivity index (χ1) is 8.47. The number of hydrogen-bond donors (Lipinski definition) is 0. The fraction of sp³-hybridized carbons (Fsp3) is 0.250. The molecule has 0 saturated carbocycles. The summed E-state index contributed by atoms with van der Waals surface area (Å²) in [5.74, 6) is -0.315. The maximum absolute atomic E-state index is 13.5. The molecule has 0 aliphatic rings. The molecule has 0 aliphatic heterocycles. The number of aryl methyl sites for hydroxylation is 1. The van der Waals surface area contributed by atoms with Gasteiger partial charge in [0.1, 0.15) is 11.6 Å². The van der Waals surface area contributed by atoms with Gasteiger partial charge in [0.2, 0.25) is 0 Å². The van der Waals surface area contributed by atoms with Crippen molar-refractivity contribution in [2.75, 3.05) is 0 Å². The molecular weight excluding hydrogens is 230 g/mol. The topological polar surface area (TPSA) is 0 Å². The van der Waals surface area contributed by atoms with Crippen LogP contribution >= 0.6 is 0 Å². The van der Waals surface area contributed by atoms with E-state index in [1.807, 2.05) is 26.8 Å². The monoisotopic (exact) mass is 246 g/mol. The summed E-state index contributed by atoms with van der Waals surface area (Å²) in [5.41, 5.74) is 3.37. The maximum atomic E-state index is 13.5. The molecule has 0 aliphatic carbocycles. The molecule has 2 aromatic rings. The van der Waals surface area contributed by atoms with E-state index in [4.69, 9.17) is 0 Å². The van der Waals surface area contributed by atoms with Gasteiger partial charge in [-0.2, -0.15) is 0 Å². The first kappa shape index (κ1) is 12.7. The fourth-order valence-electron chi connectivity index (χ4n) is 2.17. The van der Waals surface area contributed by atoms with Gasteiger partial charge in [-0.15, -0.1) is 0 Å². The van der Waals surface area contributed by atoms with Gasteiger partial charge in [0.25, 0.3) is 0 Å². The molecule has 0 atom stereocenters. The number of halogens is 2. The second-order valence-electron chi connectivity index (χ2n) is 4.90. The molecule has 0 heterocycles. The summed E-state index contributed by atoms with van der Waals surface area (Å²) in [5, 5.41) is 0. The van der Waals surface area contributed by atoms with Crippen molar-refractivity contribution in [3.63, 3.8) is 0 Å². The van der Waals surface area contributed by atoms with Gasteiger partial charge in [0.15, 0.2) is 0 Å². The molecule has 2 rings (SSSR count). The largest absolute Gasteiger partial charge is 0.207 e. The van der Waals surface area contributed by atoms with Crippen LogP contribution < -0.4 is 0 Å². The van der Waals surface area contributed by atoms with E-state index in [1.165, 1.54) is 24.3 Å². The highest BCUT2D eigenvalue weighted by Crippen LogP contribution is 2.31. The van der Waals surface area contributed by atoms with E-state index in [2.05, 4.69) is 0 Å². The molecule has 2 aromatic carbocycles. The first-order valence-electron chi connectivity index (χ1n) is 6.04. The summed E-state index contributed by atoms with van der Waals surface area (Å²) in [6.07, 6.45) is 0. The van der Waals surface area contributed by atoms with E-state index in [1.54, 1.807) is 6.07 Å². The Bertz CT molecular complexity index is 551. The van der Waals surface area contributed by atoms with Crippen molar-refractivity contribution in [2.24, 2.45) is 0 Å². The molecule has 0 N–H and O–H groups in total. The molecule has 0 spiro atoms. The van der Waals surface area contributed by atoms with Crippen molar-refractivity contribution in [2.45, 2.75) is 26.7 Å². The number of benzene rings is 2. The Balaban J connectivity index is 2.65. The van der Waals surface area contributed by atoms with Crippen LogP contribution in [0.15, 0.2) is 36.4 Å². The van der Waals surface area contributed by atoms with Crippen LogP contribution in [-0.4, -0.2) is 0 Å². The minimum Gasteiger partial charge on any atom is -0.207 e. The Morgan fingerprint density at radius 2 is 1.61 bits per heavy atom. The molecule has 2 heteroatoms. The zero-order valence-corrected chi connectivity index (χ0v) is 10.8. The SMILES string of the molecule is Cc1cc(F)cc(-c2cc(F)ccc2C(C)C)c1. The molecule has 0 saturated heterocycles. The standard InChI is InChI=1S/C16H16F2/c1-10(2)15-5-4-13(17)9-16(15)12-6-11(3)7-14(18)8-12/h4-10H,1-3H3. The summed E-state index contributed by atoms with van der Waals surface area (Å²) in [6, 6.07) is 9.50. The van der Waals surface area contributed by atoms with Crippen molar-refractivity contribution >= 4 is 0 Å². The van der Waals surface area contributed by atoms with Gasteiger partial charge >= 0.3 is 0 Å². The molecule has 0 unspecified atom stereocenters. The van der Waals surface area contributed by atoms with Gasteiger partial charge in [0, 0.05) is 0 Å². The van der Waals surface area contributed by atoms with E-state index in [0.717, 1.165) is 22.3 Å². The zero-order valence-electron chi connectivity index (χ0n) is 10.8. The Morgan fingerprint density at radius 3 is 2.22 bits per heavy atom. The molecular formula is C16H16F2. The zero-order chi connectivity index (χ0) is 13.3. The summed E-state index contributed by atoms with van der Waals surface area (Å²) in [4.78, 5) is 0. The van der Waals surface area contributed by atoms with Crippen molar-refractivity contribution in [1.29, 1.82) is 0 Å². The van der Waals surface area contributed by atoms with E-state index in [-0.39, 0.29) is 17.6 Å². The van der Waals surface area contributed by atoms with Crippen LogP contribution in [-0.2, 0) is 0 Å². The molecule has 0 amide bonds. The maximum Gasteiger partial charge on any atom is 0.124 e. The molecule has 0 fully saturated rings. The van der Waals surface area contributed by atoms with Crippen molar-refractivity contribution < 1.29 is 8.78 Å². The van der Waals surface area contributed by atoms with Crippen LogP contribution in [0.5, 0.6) is 0 Å². The van der Waals surface area contributed by atoms with Crippen LogP contribution in [0.25, 0.3) is 11.1 Å². The van der Waals surface area contributed by atoms with E-state index >= 15 is 0 Å². The lowest BCUT2D eigenvalue weighted by Crippen LogP contribution is -1.94. The summed E-state index contributed by atoms with van der Waals surface area (Å²) < 4.78 is 26.9. The lowest BCUT2D eigenvalue weighted by atomic mass is 9.92. The van der Waals surface area contributed by atoms with Gasteiger partial charge in [-0.25, -0.2) is 8.78 Å². The Hall–Kier alpha value is -1.70. The highest BCUT2D eigenvalue weighted by molar-refractivity contribution is 5.68. The van der Waals surface area contributed by atoms with Crippen molar-refractivity contribution in [3.8, 4) is 11.1 Å². The molecule has 0 nitrogen and oxygen atoms in total. The third-order valence-electron chi connectivity index (χ3n) is 2.99. The quantitative estimate of drug-likeness (QED) is 0.694. The fourth-order valence-corrected chi connectivity index (χ4v) is 2.17. The van der Waals surface area contributed by atoms with Crippen molar-refractivity contribution in [1.82, 2.24) is 0 Å². The smallest absolute Gasteiger partial charge is 0.124 e. The Labute approximate surface area is 106 Å². The molecule has 18 heavy (non-hydrogen) atoms. The minimum atomic E-state index is -0.295. The van der Waals surface area contributed by atoms with Crippen LogP contribution in [0, 0.1) is 18.6 Å². The van der Waals surface area contributed by atoms with E-state index in [9.17, 15) is 8.78 Å². The van der Waals surface area contributed by atoms with Crippen LogP contribution in [0.2, 0.25) is 0 Å². The molecule has 0 aromatic heterocycles. The Kier molecular flexibility index (Phi) is 3.46. The molecule has 0 radical (unpaired) electrons. The second kappa shape index (κ2) is 4.89. The highest BCUT2D eigenvalue weighted by atomic mass is 19.1. The number of hydrogen-bond acceptors (Lipinski definition) is 0. The third-order valence-corrected chi connectivity index (χ3v) is 2.99. The van der Waals surface area contributed by atoms with Gasteiger partial charge in [-0.05, 0) is 59.4 Å². The van der Waals surface area contributed by atoms with Gasteiger partial charge in [-0.1, -0.05) is 26.0 Å². The Morgan fingerprint density at radius 1 is 0.889 bits per heavy atom. The van der Waals surface area contributed by atoms with Gasteiger partial charge in [0.05, 0.1) is 0 Å². The van der Waals surface area contributed by atoms with Crippen LogP contribution in [0.4, 0.5) is 8.78 Å². The summed E-state index contributed by atoms with van der Waals surface area (Å²) in [6.45, 7) is 5.92. The molecule has 0 bridgehead atoms. The summed E-state index contributed by atoms with van der Waals surface area (Å²) in [7, 11) is 0. The lowest BCUT2D eigenvalue weighted by Gasteiger charge is -2.13. The second-order valence-corrected chi connectivity index (χ2v) is 4.90.